The van der Waals surface area contributed by atoms with Crippen LogP contribution < -0.4 is 5.32 Å². The molecular weight excluding hydrogens is 252 g/mol. The zero-order chi connectivity index (χ0) is 14.1. The lowest BCUT2D eigenvalue weighted by Crippen LogP contribution is -2.53. The molecule has 20 heavy (non-hydrogen) atoms. The molecule has 4 heteroatoms. The van der Waals surface area contributed by atoms with E-state index in [1.54, 1.807) is 0 Å². The Labute approximate surface area is 118 Å². The number of furan rings is 1. The second-order valence-corrected chi connectivity index (χ2v) is 5.49. The number of para-hydroxylation sites is 1. The topological polar surface area (TPSA) is 45.5 Å². The van der Waals surface area contributed by atoms with E-state index in [2.05, 4.69) is 12.2 Å². The summed E-state index contributed by atoms with van der Waals surface area (Å²) in [4.78, 5) is 14.6. The second-order valence-electron chi connectivity index (χ2n) is 5.49. The Morgan fingerprint density at radius 1 is 1.45 bits per heavy atom. The van der Waals surface area contributed by atoms with Crippen LogP contribution in [0.2, 0.25) is 0 Å². The maximum atomic E-state index is 12.6. The van der Waals surface area contributed by atoms with Crippen LogP contribution in [0.1, 0.15) is 25.5 Å². The second kappa shape index (κ2) is 5.29. The van der Waals surface area contributed by atoms with Crippen LogP contribution in [0.3, 0.4) is 0 Å². The third kappa shape index (κ3) is 2.31. The third-order valence-electron chi connectivity index (χ3n) is 4.03. The van der Waals surface area contributed by atoms with Gasteiger partial charge < -0.3 is 14.6 Å². The first-order valence-electron chi connectivity index (χ1n) is 7.16. The van der Waals surface area contributed by atoms with Crippen molar-refractivity contribution in [2.45, 2.75) is 25.8 Å². The number of amides is 1. The number of carbonyl (C=O) groups is 1. The summed E-state index contributed by atoms with van der Waals surface area (Å²) in [6.45, 7) is 6.50. The number of carbonyl (C=O) groups excluding carboxylic acids is 1. The highest BCUT2D eigenvalue weighted by molar-refractivity contribution is 5.85. The van der Waals surface area contributed by atoms with Crippen molar-refractivity contribution in [2.24, 2.45) is 0 Å². The summed E-state index contributed by atoms with van der Waals surface area (Å²) >= 11 is 0. The van der Waals surface area contributed by atoms with Gasteiger partial charge in [-0.1, -0.05) is 18.2 Å². The standard InChI is InChI=1S/C16H20N2O2/c1-11-10-17-7-8-18(11)16(19)12(2)15-9-13-5-3-4-6-14(13)20-15/h3-6,9,11-12,17H,7-8,10H2,1-2H3/t11-,12?/m1/s1. The van der Waals surface area contributed by atoms with Crippen molar-refractivity contribution in [1.82, 2.24) is 10.2 Å². The first-order chi connectivity index (χ1) is 9.66. The number of nitrogens with zero attached hydrogens (tertiary/aromatic N) is 1. The van der Waals surface area contributed by atoms with Crippen molar-refractivity contribution in [3.63, 3.8) is 0 Å². The van der Waals surface area contributed by atoms with Gasteiger partial charge in [-0.05, 0) is 26.0 Å². The Bertz CT molecular complexity index is 587. The molecule has 2 aromatic rings. The first kappa shape index (κ1) is 13.2. The van der Waals surface area contributed by atoms with Crippen LogP contribution in [0.25, 0.3) is 11.0 Å². The normalized spacial score (nSPS) is 21.1. The summed E-state index contributed by atoms with van der Waals surface area (Å²) in [5.74, 6) is 0.669. The molecule has 1 aromatic carbocycles. The molecule has 1 saturated heterocycles. The largest absolute Gasteiger partial charge is 0.460 e. The van der Waals surface area contributed by atoms with Crippen molar-refractivity contribution in [3.8, 4) is 0 Å². The fourth-order valence-corrected chi connectivity index (χ4v) is 2.75. The Hall–Kier alpha value is -1.81. The minimum atomic E-state index is -0.233. The minimum Gasteiger partial charge on any atom is -0.460 e. The van der Waals surface area contributed by atoms with Gasteiger partial charge in [-0.3, -0.25) is 4.79 Å². The summed E-state index contributed by atoms with van der Waals surface area (Å²) in [5, 5.41) is 4.35. The highest BCUT2D eigenvalue weighted by Gasteiger charge is 2.29. The van der Waals surface area contributed by atoms with Crippen LogP contribution in [0.15, 0.2) is 34.7 Å². The molecule has 106 valence electrons. The van der Waals surface area contributed by atoms with E-state index < -0.39 is 0 Å². The Morgan fingerprint density at radius 2 is 2.25 bits per heavy atom. The molecule has 1 amide bonds. The lowest BCUT2D eigenvalue weighted by atomic mass is 10.0. The molecule has 4 nitrogen and oxygen atoms in total. The van der Waals surface area contributed by atoms with E-state index in [4.69, 9.17) is 4.42 Å². The van der Waals surface area contributed by atoms with E-state index in [9.17, 15) is 4.79 Å². The van der Waals surface area contributed by atoms with Crippen molar-refractivity contribution in [3.05, 3.63) is 36.1 Å². The molecular formula is C16H20N2O2. The molecule has 3 rings (SSSR count). The molecule has 0 saturated carbocycles. The van der Waals surface area contributed by atoms with Gasteiger partial charge in [0, 0.05) is 31.1 Å². The SMILES string of the molecule is CC(C(=O)N1CCNC[C@H]1C)c1cc2ccccc2o1. The number of hydrogen-bond acceptors (Lipinski definition) is 3. The summed E-state index contributed by atoms with van der Waals surface area (Å²) < 4.78 is 5.81. The average Bonchev–Trinajstić information content (AvgIpc) is 2.90. The minimum absolute atomic E-state index is 0.151. The molecule has 0 spiro atoms. The Kier molecular flexibility index (Phi) is 3.49. The fourth-order valence-electron chi connectivity index (χ4n) is 2.75. The lowest BCUT2D eigenvalue weighted by molar-refractivity contribution is -0.135. The number of nitrogens with one attached hydrogen (secondary N) is 1. The zero-order valence-corrected chi connectivity index (χ0v) is 11.9. The highest BCUT2D eigenvalue weighted by Crippen LogP contribution is 2.26. The molecule has 0 aliphatic carbocycles. The zero-order valence-electron chi connectivity index (χ0n) is 11.9. The molecule has 1 aromatic heterocycles. The van der Waals surface area contributed by atoms with Gasteiger partial charge in [-0.15, -0.1) is 0 Å². The molecule has 0 bridgehead atoms. The van der Waals surface area contributed by atoms with Gasteiger partial charge in [0.05, 0.1) is 5.92 Å². The summed E-state index contributed by atoms with van der Waals surface area (Å²) in [6, 6.07) is 10.1. The smallest absolute Gasteiger partial charge is 0.233 e. The van der Waals surface area contributed by atoms with Gasteiger partial charge >= 0.3 is 0 Å². The van der Waals surface area contributed by atoms with Crippen LogP contribution in [0, 0.1) is 0 Å². The van der Waals surface area contributed by atoms with E-state index in [-0.39, 0.29) is 17.9 Å². The van der Waals surface area contributed by atoms with Crippen LogP contribution in [-0.4, -0.2) is 36.5 Å². The predicted molar refractivity (Wildman–Crippen MR) is 78.7 cm³/mol. The Balaban J connectivity index is 1.83. The number of piperazine rings is 1. The quantitative estimate of drug-likeness (QED) is 0.913. The van der Waals surface area contributed by atoms with Crippen molar-refractivity contribution in [1.29, 1.82) is 0 Å². The van der Waals surface area contributed by atoms with E-state index in [0.717, 1.165) is 36.4 Å². The average molecular weight is 272 g/mol. The first-order valence-corrected chi connectivity index (χ1v) is 7.16. The fraction of sp³-hybridized carbons (Fsp3) is 0.438. The van der Waals surface area contributed by atoms with E-state index in [1.807, 2.05) is 42.2 Å². The molecule has 1 unspecified atom stereocenters. The van der Waals surface area contributed by atoms with Gasteiger partial charge in [0.1, 0.15) is 11.3 Å². The molecule has 1 aliphatic rings. The van der Waals surface area contributed by atoms with Gasteiger partial charge in [-0.2, -0.15) is 0 Å². The predicted octanol–water partition coefficient (Wildman–Crippen LogP) is 2.36. The van der Waals surface area contributed by atoms with E-state index in [0.29, 0.717) is 0 Å². The molecule has 1 fully saturated rings. The van der Waals surface area contributed by atoms with Gasteiger partial charge in [-0.25, -0.2) is 0 Å². The number of rotatable bonds is 2. The molecule has 1 aliphatic heterocycles. The molecule has 0 radical (unpaired) electrons. The summed E-state index contributed by atoms with van der Waals surface area (Å²) in [6.07, 6.45) is 0. The van der Waals surface area contributed by atoms with Crippen molar-refractivity contribution in [2.75, 3.05) is 19.6 Å². The van der Waals surface area contributed by atoms with E-state index >= 15 is 0 Å². The Morgan fingerprint density at radius 3 is 3.00 bits per heavy atom. The van der Waals surface area contributed by atoms with Crippen LogP contribution in [-0.2, 0) is 4.79 Å². The van der Waals surface area contributed by atoms with Crippen LogP contribution in [0.4, 0.5) is 0 Å². The van der Waals surface area contributed by atoms with Crippen LogP contribution >= 0.6 is 0 Å². The molecule has 2 heterocycles. The highest BCUT2D eigenvalue weighted by atomic mass is 16.3. The maximum absolute atomic E-state index is 12.6. The van der Waals surface area contributed by atoms with Crippen LogP contribution in [0.5, 0.6) is 0 Å². The van der Waals surface area contributed by atoms with Gasteiger partial charge in [0.15, 0.2) is 0 Å². The molecule has 2 atom stereocenters. The molecule has 1 N–H and O–H groups in total. The number of benzene rings is 1. The summed E-state index contributed by atoms with van der Waals surface area (Å²) in [7, 11) is 0. The maximum Gasteiger partial charge on any atom is 0.233 e. The van der Waals surface area contributed by atoms with Crippen molar-refractivity contribution < 1.29 is 9.21 Å². The third-order valence-corrected chi connectivity index (χ3v) is 4.03. The van der Waals surface area contributed by atoms with Gasteiger partial charge in [0.2, 0.25) is 5.91 Å². The van der Waals surface area contributed by atoms with Crippen molar-refractivity contribution >= 4 is 16.9 Å². The van der Waals surface area contributed by atoms with Gasteiger partial charge in [0.25, 0.3) is 0 Å². The lowest BCUT2D eigenvalue weighted by Gasteiger charge is -2.35. The number of hydrogen-bond donors (Lipinski definition) is 1. The number of fused-ring (bicyclic) bond motifs is 1. The monoisotopic (exact) mass is 272 g/mol. The summed E-state index contributed by atoms with van der Waals surface area (Å²) in [5.41, 5.74) is 0.843. The van der Waals surface area contributed by atoms with E-state index in [1.165, 1.54) is 0 Å².